The standard InChI is InChI=1S/C13H18FN3O/c1-3-13(18)16-7-8-17(10(2)9-16)12-6-4-5-11(14)15-12/h4-6,10H,3,7-9H2,1-2H3. The van der Waals surface area contributed by atoms with Gasteiger partial charge in [0.05, 0.1) is 0 Å². The second-order valence-corrected chi connectivity index (χ2v) is 4.55. The number of anilines is 1. The average molecular weight is 251 g/mol. The van der Waals surface area contributed by atoms with Crippen LogP contribution in [0.2, 0.25) is 0 Å². The van der Waals surface area contributed by atoms with Gasteiger partial charge < -0.3 is 9.80 Å². The molecular formula is C13H18FN3O. The highest BCUT2D eigenvalue weighted by Gasteiger charge is 2.26. The Hall–Kier alpha value is -1.65. The molecule has 1 atom stereocenters. The van der Waals surface area contributed by atoms with Crippen LogP contribution in [0.15, 0.2) is 18.2 Å². The van der Waals surface area contributed by atoms with Gasteiger partial charge in [-0.2, -0.15) is 4.39 Å². The van der Waals surface area contributed by atoms with Crippen molar-refractivity contribution in [1.82, 2.24) is 9.88 Å². The summed E-state index contributed by atoms with van der Waals surface area (Å²) in [4.78, 5) is 19.4. The SMILES string of the molecule is CCC(=O)N1CCN(c2cccc(F)n2)C(C)C1. The van der Waals surface area contributed by atoms with E-state index in [1.54, 1.807) is 12.1 Å². The van der Waals surface area contributed by atoms with Crippen molar-refractivity contribution in [2.45, 2.75) is 26.3 Å². The predicted octanol–water partition coefficient (Wildman–Crippen LogP) is 1.67. The molecule has 0 spiro atoms. The third kappa shape index (κ3) is 2.60. The Labute approximate surface area is 106 Å². The number of pyridine rings is 1. The molecule has 1 unspecified atom stereocenters. The van der Waals surface area contributed by atoms with Gasteiger partial charge in [0.25, 0.3) is 0 Å². The number of halogens is 1. The van der Waals surface area contributed by atoms with Gasteiger partial charge in [-0.3, -0.25) is 4.79 Å². The van der Waals surface area contributed by atoms with E-state index in [1.165, 1.54) is 6.07 Å². The number of carbonyl (C=O) groups excluding carboxylic acids is 1. The molecule has 2 heterocycles. The first-order valence-corrected chi connectivity index (χ1v) is 6.28. The predicted molar refractivity (Wildman–Crippen MR) is 67.9 cm³/mol. The minimum absolute atomic E-state index is 0.156. The molecule has 2 rings (SSSR count). The van der Waals surface area contributed by atoms with Crippen LogP contribution in [0.1, 0.15) is 20.3 Å². The van der Waals surface area contributed by atoms with E-state index in [-0.39, 0.29) is 11.9 Å². The number of carbonyl (C=O) groups is 1. The summed E-state index contributed by atoms with van der Waals surface area (Å²) in [7, 11) is 0. The van der Waals surface area contributed by atoms with Gasteiger partial charge in [0.1, 0.15) is 5.82 Å². The van der Waals surface area contributed by atoms with Crippen LogP contribution in [0.3, 0.4) is 0 Å². The van der Waals surface area contributed by atoms with Crippen LogP contribution in [0.25, 0.3) is 0 Å². The molecule has 0 aromatic carbocycles. The number of amides is 1. The first-order chi connectivity index (χ1) is 8.61. The van der Waals surface area contributed by atoms with Crippen LogP contribution < -0.4 is 4.90 Å². The monoisotopic (exact) mass is 251 g/mol. The number of hydrogen-bond donors (Lipinski definition) is 0. The molecule has 0 N–H and O–H groups in total. The topological polar surface area (TPSA) is 36.4 Å². The van der Waals surface area contributed by atoms with Crippen molar-refractivity contribution in [3.05, 3.63) is 24.1 Å². The molecule has 0 bridgehead atoms. The average Bonchev–Trinajstić information content (AvgIpc) is 2.37. The van der Waals surface area contributed by atoms with Gasteiger partial charge in [-0.15, -0.1) is 0 Å². The van der Waals surface area contributed by atoms with E-state index >= 15 is 0 Å². The molecule has 0 aliphatic carbocycles. The van der Waals surface area contributed by atoms with Gasteiger partial charge >= 0.3 is 0 Å². The van der Waals surface area contributed by atoms with Crippen LogP contribution in [0.4, 0.5) is 10.2 Å². The van der Waals surface area contributed by atoms with Gasteiger partial charge in [0.15, 0.2) is 0 Å². The van der Waals surface area contributed by atoms with Gasteiger partial charge in [-0.1, -0.05) is 13.0 Å². The zero-order valence-corrected chi connectivity index (χ0v) is 10.8. The smallest absolute Gasteiger partial charge is 0.222 e. The molecule has 0 saturated carbocycles. The van der Waals surface area contributed by atoms with Gasteiger partial charge in [0.2, 0.25) is 11.9 Å². The van der Waals surface area contributed by atoms with E-state index in [0.29, 0.717) is 31.9 Å². The maximum atomic E-state index is 13.1. The summed E-state index contributed by atoms with van der Waals surface area (Å²) in [5.74, 6) is 0.353. The molecule has 98 valence electrons. The summed E-state index contributed by atoms with van der Waals surface area (Å²) in [5, 5.41) is 0. The van der Waals surface area contributed by atoms with Crippen molar-refractivity contribution in [3.63, 3.8) is 0 Å². The Bertz CT molecular complexity index is 438. The van der Waals surface area contributed by atoms with E-state index in [4.69, 9.17) is 0 Å². The van der Waals surface area contributed by atoms with Crippen LogP contribution in [-0.2, 0) is 4.79 Å². The molecule has 1 aliphatic heterocycles. The molecule has 0 radical (unpaired) electrons. The molecular weight excluding hydrogens is 233 g/mol. The number of hydrogen-bond acceptors (Lipinski definition) is 3. The summed E-state index contributed by atoms with van der Waals surface area (Å²) in [6, 6.07) is 4.96. The zero-order valence-electron chi connectivity index (χ0n) is 10.8. The van der Waals surface area contributed by atoms with E-state index in [1.807, 2.05) is 23.6 Å². The minimum Gasteiger partial charge on any atom is -0.350 e. The van der Waals surface area contributed by atoms with Crippen LogP contribution in [0, 0.1) is 5.95 Å². The zero-order chi connectivity index (χ0) is 13.1. The lowest BCUT2D eigenvalue weighted by molar-refractivity contribution is -0.131. The quantitative estimate of drug-likeness (QED) is 0.750. The first-order valence-electron chi connectivity index (χ1n) is 6.28. The second-order valence-electron chi connectivity index (χ2n) is 4.55. The van der Waals surface area contributed by atoms with E-state index in [2.05, 4.69) is 4.98 Å². The third-order valence-electron chi connectivity index (χ3n) is 3.28. The summed E-state index contributed by atoms with van der Waals surface area (Å²) < 4.78 is 13.1. The van der Waals surface area contributed by atoms with E-state index in [0.717, 1.165) is 0 Å². The minimum atomic E-state index is -0.466. The fraction of sp³-hybridized carbons (Fsp3) is 0.538. The molecule has 5 heteroatoms. The number of piperazine rings is 1. The molecule has 1 aliphatic rings. The summed E-state index contributed by atoms with van der Waals surface area (Å²) >= 11 is 0. The van der Waals surface area contributed by atoms with Crippen LogP contribution in [-0.4, -0.2) is 41.5 Å². The molecule has 4 nitrogen and oxygen atoms in total. The van der Waals surface area contributed by atoms with Gasteiger partial charge in [0, 0.05) is 32.1 Å². The Morgan fingerprint density at radius 3 is 2.89 bits per heavy atom. The van der Waals surface area contributed by atoms with Crippen molar-refractivity contribution < 1.29 is 9.18 Å². The highest BCUT2D eigenvalue weighted by atomic mass is 19.1. The maximum Gasteiger partial charge on any atom is 0.222 e. The second kappa shape index (κ2) is 5.33. The Morgan fingerprint density at radius 1 is 1.50 bits per heavy atom. The van der Waals surface area contributed by atoms with E-state index in [9.17, 15) is 9.18 Å². The Kier molecular flexibility index (Phi) is 3.79. The Morgan fingerprint density at radius 2 is 2.28 bits per heavy atom. The maximum absolute atomic E-state index is 13.1. The lowest BCUT2D eigenvalue weighted by atomic mass is 10.1. The fourth-order valence-corrected chi connectivity index (χ4v) is 2.31. The highest BCUT2D eigenvalue weighted by molar-refractivity contribution is 5.76. The molecule has 1 fully saturated rings. The number of nitrogens with zero attached hydrogens (tertiary/aromatic N) is 3. The molecule has 1 saturated heterocycles. The molecule has 1 aromatic heterocycles. The molecule has 18 heavy (non-hydrogen) atoms. The largest absolute Gasteiger partial charge is 0.350 e. The fourth-order valence-electron chi connectivity index (χ4n) is 2.31. The number of aromatic nitrogens is 1. The molecule has 1 amide bonds. The summed E-state index contributed by atoms with van der Waals surface area (Å²) in [5.41, 5.74) is 0. The first kappa shape index (κ1) is 12.8. The van der Waals surface area contributed by atoms with E-state index < -0.39 is 5.95 Å². The van der Waals surface area contributed by atoms with Gasteiger partial charge in [-0.05, 0) is 19.1 Å². The van der Waals surface area contributed by atoms with Crippen molar-refractivity contribution in [2.24, 2.45) is 0 Å². The lowest BCUT2D eigenvalue weighted by Gasteiger charge is -2.40. The molecule has 1 aromatic rings. The third-order valence-corrected chi connectivity index (χ3v) is 3.28. The Balaban J connectivity index is 2.08. The van der Waals surface area contributed by atoms with Crippen molar-refractivity contribution in [1.29, 1.82) is 0 Å². The summed E-state index contributed by atoms with van der Waals surface area (Å²) in [6.45, 7) is 5.94. The lowest BCUT2D eigenvalue weighted by Crippen LogP contribution is -2.54. The van der Waals surface area contributed by atoms with Crippen molar-refractivity contribution in [3.8, 4) is 0 Å². The van der Waals surface area contributed by atoms with Gasteiger partial charge in [-0.25, -0.2) is 4.98 Å². The van der Waals surface area contributed by atoms with Crippen LogP contribution in [0.5, 0.6) is 0 Å². The van der Waals surface area contributed by atoms with Crippen LogP contribution >= 0.6 is 0 Å². The van der Waals surface area contributed by atoms with Crippen molar-refractivity contribution >= 4 is 11.7 Å². The normalized spacial score (nSPS) is 20.1. The highest BCUT2D eigenvalue weighted by Crippen LogP contribution is 2.18. The van der Waals surface area contributed by atoms with Crippen molar-refractivity contribution in [2.75, 3.05) is 24.5 Å². The number of rotatable bonds is 2. The summed E-state index contributed by atoms with van der Waals surface area (Å²) in [6.07, 6.45) is 0.533.